The minimum absolute atomic E-state index is 0.175. The van der Waals surface area contributed by atoms with Crippen molar-refractivity contribution in [2.24, 2.45) is 0 Å². The second-order valence-corrected chi connectivity index (χ2v) is 7.39. The van der Waals surface area contributed by atoms with E-state index in [0.717, 1.165) is 10.6 Å². The normalized spacial score (nSPS) is 10.7. The van der Waals surface area contributed by atoms with Gasteiger partial charge in [-0.3, -0.25) is 9.59 Å². The molecule has 0 bridgehead atoms. The topological polar surface area (TPSA) is 64.0 Å². The number of hydrogen-bond acceptors (Lipinski definition) is 4. The van der Waals surface area contributed by atoms with Gasteiger partial charge >= 0.3 is 0 Å². The van der Waals surface area contributed by atoms with E-state index in [1.54, 1.807) is 35.6 Å². The van der Waals surface area contributed by atoms with Crippen LogP contribution in [0.15, 0.2) is 52.6 Å². The van der Waals surface area contributed by atoms with Gasteiger partial charge in [0.15, 0.2) is 0 Å². The van der Waals surface area contributed by atoms with Crippen molar-refractivity contribution in [3.8, 4) is 10.6 Å². The molecule has 3 rings (SSSR count). The SMILES string of the molecule is O=C(CCCn1nc(-c2cccs2)ccc1=O)Nc1cc(Cl)cc(Cl)c1. The lowest BCUT2D eigenvalue weighted by Gasteiger charge is -2.08. The van der Waals surface area contributed by atoms with Gasteiger partial charge in [0.05, 0.1) is 4.88 Å². The van der Waals surface area contributed by atoms with Crippen LogP contribution >= 0.6 is 34.5 Å². The molecule has 5 nitrogen and oxygen atoms in total. The third kappa shape index (κ3) is 4.94. The van der Waals surface area contributed by atoms with Crippen molar-refractivity contribution >= 4 is 46.1 Å². The van der Waals surface area contributed by atoms with Crippen LogP contribution in [0.25, 0.3) is 10.6 Å². The maximum Gasteiger partial charge on any atom is 0.266 e. The van der Waals surface area contributed by atoms with Crippen LogP contribution in [0.1, 0.15) is 12.8 Å². The second kappa shape index (κ2) is 8.49. The summed E-state index contributed by atoms with van der Waals surface area (Å²) in [5, 5.41) is 9.97. The van der Waals surface area contributed by atoms with Gasteiger partial charge in [-0.25, -0.2) is 4.68 Å². The fourth-order valence-electron chi connectivity index (χ4n) is 2.40. The van der Waals surface area contributed by atoms with Crippen LogP contribution in [-0.2, 0) is 11.3 Å². The smallest absolute Gasteiger partial charge is 0.266 e. The number of nitrogens with one attached hydrogen (secondary N) is 1. The zero-order valence-electron chi connectivity index (χ0n) is 13.6. The molecule has 0 atom stereocenters. The Bertz CT molecular complexity index is 951. The van der Waals surface area contributed by atoms with Gasteiger partial charge in [0.1, 0.15) is 5.69 Å². The Morgan fingerprint density at radius 1 is 1.15 bits per heavy atom. The van der Waals surface area contributed by atoms with Crippen molar-refractivity contribution < 1.29 is 4.79 Å². The Morgan fingerprint density at radius 2 is 1.92 bits per heavy atom. The van der Waals surface area contributed by atoms with Crippen molar-refractivity contribution in [3.05, 3.63) is 68.2 Å². The number of benzene rings is 1. The Morgan fingerprint density at radius 3 is 2.62 bits per heavy atom. The molecule has 0 fully saturated rings. The molecular weight excluding hydrogens is 393 g/mol. The number of carbonyl (C=O) groups is 1. The third-order valence-corrected chi connectivity index (χ3v) is 4.89. The zero-order valence-corrected chi connectivity index (χ0v) is 15.9. The lowest BCUT2D eigenvalue weighted by atomic mass is 10.2. The molecule has 8 heteroatoms. The zero-order chi connectivity index (χ0) is 18.5. The van der Waals surface area contributed by atoms with Gasteiger partial charge in [0, 0.05) is 34.8 Å². The Kier molecular flexibility index (Phi) is 6.08. The fourth-order valence-corrected chi connectivity index (χ4v) is 3.62. The first kappa shape index (κ1) is 18.6. The predicted molar refractivity (Wildman–Crippen MR) is 106 cm³/mol. The molecule has 26 heavy (non-hydrogen) atoms. The number of hydrogen-bond donors (Lipinski definition) is 1. The van der Waals surface area contributed by atoms with Crippen LogP contribution in [0.2, 0.25) is 10.0 Å². The number of rotatable bonds is 6. The first-order chi connectivity index (χ1) is 12.5. The van der Waals surface area contributed by atoms with Crippen LogP contribution < -0.4 is 10.9 Å². The fraction of sp³-hybridized carbons (Fsp3) is 0.167. The first-order valence-corrected chi connectivity index (χ1v) is 9.53. The van der Waals surface area contributed by atoms with E-state index in [1.165, 1.54) is 10.7 Å². The largest absolute Gasteiger partial charge is 0.326 e. The van der Waals surface area contributed by atoms with Crippen molar-refractivity contribution in [1.29, 1.82) is 0 Å². The van der Waals surface area contributed by atoms with E-state index >= 15 is 0 Å². The number of anilines is 1. The number of amides is 1. The number of nitrogens with zero attached hydrogens (tertiary/aromatic N) is 2. The van der Waals surface area contributed by atoms with Crippen LogP contribution in [0.3, 0.4) is 0 Å². The summed E-state index contributed by atoms with van der Waals surface area (Å²) in [5.74, 6) is -0.175. The van der Waals surface area contributed by atoms with Gasteiger partial charge in [0.25, 0.3) is 5.56 Å². The molecule has 0 saturated carbocycles. The van der Waals surface area contributed by atoms with E-state index in [-0.39, 0.29) is 17.9 Å². The summed E-state index contributed by atoms with van der Waals surface area (Å²) in [6.07, 6.45) is 0.739. The number of aryl methyl sites for hydroxylation is 1. The van der Waals surface area contributed by atoms with Gasteiger partial charge in [-0.05, 0) is 42.1 Å². The number of carbonyl (C=O) groups excluding carboxylic acids is 1. The first-order valence-electron chi connectivity index (χ1n) is 7.89. The maximum absolute atomic E-state index is 12.1. The lowest BCUT2D eigenvalue weighted by molar-refractivity contribution is -0.116. The standard InChI is InChI=1S/C18H15Cl2N3O2S/c19-12-9-13(20)11-14(10-12)21-17(24)4-1-7-23-18(25)6-5-15(22-23)16-3-2-8-26-16/h2-3,5-6,8-11H,1,4,7H2,(H,21,24). The van der Waals surface area contributed by atoms with Gasteiger partial charge in [-0.2, -0.15) is 5.10 Å². The summed E-state index contributed by atoms with van der Waals surface area (Å²) in [7, 11) is 0. The monoisotopic (exact) mass is 407 g/mol. The van der Waals surface area contributed by atoms with Crippen molar-refractivity contribution in [1.82, 2.24) is 9.78 Å². The summed E-state index contributed by atoms with van der Waals surface area (Å²) in [6, 6.07) is 11.9. The third-order valence-electron chi connectivity index (χ3n) is 3.56. The van der Waals surface area contributed by atoms with Crippen LogP contribution in [0.5, 0.6) is 0 Å². The molecule has 0 aliphatic rings. The maximum atomic E-state index is 12.1. The molecule has 0 radical (unpaired) electrons. The van der Waals surface area contributed by atoms with Crippen molar-refractivity contribution in [2.45, 2.75) is 19.4 Å². The van der Waals surface area contributed by atoms with Crippen LogP contribution in [-0.4, -0.2) is 15.7 Å². The second-order valence-electron chi connectivity index (χ2n) is 5.57. The molecule has 0 spiro atoms. The minimum Gasteiger partial charge on any atom is -0.326 e. The molecule has 1 aromatic carbocycles. The molecule has 1 amide bonds. The number of halogens is 2. The van der Waals surface area contributed by atoms with Crippen molar-refractivity contribution in [3.63, 3.8) is 0 Å². The molecule has 0 saturated heterocycles. The van der Waals surface area contributed by atoms with E-state index in [4.69, 9.17) is 23.2 Å². The molecular formula is C18H15Cl2N3O2S. The minimum atomic E-state index is -0.188. The van der Waals surface area contributed by atoms with Crippen LogP contribution in [0.4, 0.5) is 5.69 Å². The molecule has 3 aromatic rings. The van der Waals surface area contributed by atoms with E-state index in [1.807, 2.05) is 17.5 Å². The number of thiophene rings is 1. The van der Waals surface area contributed by atoms with Gasteiger partial charge < -0.3 is 5.32 Å². The average Bonchev–Trinajstić information content (AvgIpc) is 3.10. The molecule has 1 N–H and O–H groups in total. The molecule has 0 aliphatic carbocycles. The Labute approximate surface area is 164 Å². The highest BCUT2D eigenvalue weighted by Gasteiger charge is 2.07. The van der Waals surface area contributed by atoms with Gasteiger partial charge in [0.2, 0.25) is 5.91 Å². The van der Waals surface area contributed by atoms with Crippen LogP contribution in [0, 0.1) is 0 Å². The highest BCUT2D eigenvalue weighted by atomic mass is 35.5. The lowest BCUT2D eigenvalue weighted by Crippen LogP contribution is -2.23. The summed E-state index contributed by atoms with van der Waals surface area (Å²) >= 11 is 13.4. The highest BCUT2D eigenvalue weighted by Crippen LogP contribution is 2.23. The van der Waals surface area contributed by atoms with Gasteiger partial charge in [-0.15, -0.1) is 11.3 Å². The van der Waals surface area contributed by atoms with Gasteiger partial charge in [-0.1, -0.05) is 29.3 Å². The summed E-state index contributed by atoms with van der Waals surface area (Å²) in [4.78, 5) is 25.0. The Hall–Kier alpha value is -2.15. The molecule has 0 aliphatic heterocycles. The summed E-state index contributed by atoms with van der Waals surface area (Å²) < 4.78 is 1.39. The summed E-state index contributed by atoms with van der Waals surface area (Å²) in [5.41, 5.74) is 1.10. The average molecular weight is 408 g/mol. The molecule has 2 aromatic heterocycles. The summed E-state index contributed by atoms with van der Waals surface area (Å²) in [6.45, 7) is 0.363. The molecule has 134 valence electrons. The Balaban J connectivity index is 1.58. The van der Waals surface area contributed by atoms with E-state index in [0.29, 0.717) is 28.7 Å². The van der Waals surface area contributed by atoms with E-state index in [9.17, 15) is 9.59 Å². The molecule has 0 unspecified atom stereocenters. The highest BCUT2D eigenvalue weighted by molar-refractivity contribution is 7.13. The van der Waals surface area contributed by atoms with Crippen molar-refractivity contribution in [2.75, 3.05) is 5.32 Å². The molecule has 2 heterocycles. The van der Waals surface area contributed by atoms with E-state index in [2.05, 4.69) is 10.4 Å². The van der Waals surface area contributed by atoms with E-state index < -0.39 is 0 Å². The quantitative estimate of drug-likeness (QED) is 0.643. The number of aromatic nitrogens is 2. The predicted octanol–water partition coefficient (Wildman–Crippen LogP) is 4.70.